The summed E-state index contributed by atoms with van der Waals surface area (Å²) in [6.45, 7) is 34.4. The topological polar surface area (TPSA) is 38.1 Å². The molecule has 6 heterocycles. The zero-order valence-electron chi connectivity index (χ0n) is 75.5. The fraction of sp³-hybridized carbons (Fsp3) is 0.239. The van der Waals surface area contributed by atoms with E-state index in [2.05, 4.69) is 503 Å². The Balaban J connectivity index is 0.000000142. The third-order valence-electron chi connectivity index (χ3n) is 25.0. The van der Waals surface area contributed by atoms with Gasteiger partial charge in [0, 0.05) is 85.5 Å². The minimum atomic E-state index is 0.394. The quantitative estimate of drug-likeness (QED) is 0.0768. The van der Waals surface area contributed by atoms with Crippen LogP contribution in [0.1, 0.15) is 169 Å². The van der Waals surface area contributed by atoms with Gasteiger partial charge in [0.2, 0.25) is 17.1 Å². The number of pyridine rings is 3. The minimum absolute atomic E-state index is 0.394. The molecule has 0 spiro atoms. The molecule has 6 aromatic heterocycles. The summed E-state index contributed by atoms with van der Waals surface area (Å²) in [5.74, 6) is 6.04. The van der Waals surface area contributed by atoms with E-state index in [9.17, 15) is 0 Å². The second-order valence-electron chi connectivity index (χ2n) is 35.1. The first-order valence-corrected chi connectivity index (χ1v) is 43.7. The van der Waals surface area contributed by atoms with Gasteiger partial charge in [-0.2, -0.15) is 13.7 Å². The average Bonchev–Trinajstić information content (AvgIpc) is 1.57. The molecule has 9 nitrogen and oxygen atoms in total. The van der Waals surface area contributed by atoms with E-state index in [0.717, 1.165) is 0 Å². The number of aromatic nitrogens is 9. The first-order valence-electron chi connectivity index (χ1n) is 43.7. The highest BCUT2D eigenvalue weighted by atomic mass is 15.2. The minimum Gasteiger partial charge on any atom is -0.232 e. The maximum atomic E-state index is 2.53. The highest BCUT2D eigenvalue weighted by Crippen LogP contribution is 2.43. The van der Waals surface area contributed by atoms with Gasteiger partial charge in [0.15, 0.2) is 40.7 Å². The van der Waals surface area contributed by atoms with Gasteiger partial charge in [-0.15, -0.1) is 0 Å². The summed E-state index contributed by atoms with van der Waals surface area (Å²) in [5, 5.41) is 0. The molecule has 17 aromatic rings. The lowest BCUT2D eigenvalue weighted by atomic mass is 9.92. The van der Waals surface area contributed by atoms with Crippen LogP contribution in [0.4, 0.5) is 0 Å². The average molecular weight is 1610 g/mol. The third-order valence-corrected chi connectivity index (χ3v) is 25.0. The van der Waals surface area contributed by atoms with E-state index >= 15 is 0 Å². The maximum absolute atomic E-state index is 2.53. The maximum Gasteiger partial charge on any atom is 0.295 e. The van der Waals surface area contributed by atoms with Crippen molar-refractivity contribution >= 4 is 22.1 Å². The predicted octanol–water partition coefficient (Wildman–Crippen LogP) is 25.4. The third kappa shape index (κ3) is 16.1. The van der Waals surface area contributed by atoms with Gasteiger partial charge in [0.1, 0.15) is 50.6 Å². The van der Waals surface area contributed by atoms with Crippen LogP contribution in [-0.4, -0.2) is 13.7 Å². The highest BCUT2D eigenvalue weighted by Gasteiger charge is 2.36. The number of aryl methyl sites for hydroxylation is 6. The number of nitrogens with zero attached hydrogens (tertiary/aromatic N) is 9. The van der Waals surface area contributed by atoms with E-state index in [1.807, 2.05) is 0 Å². The standard InChI is InChI=1S/2C39H41N3.C35H39N3/c1-26(2)31-17-13-18-32(27(3)4)38(31)42-37-22-12-11-21-36(37)41(7)39(42)34-20-14-19-33(28(34)5)35-24-23-30(25-40(35)6)29-15-9-8-10-16-29;1-26(2)31-17-13-18-32(27(3)4)38(31)42-36-22-12-11-21-35(36)41(7)39(42)34-20-14-19-33(28(34)5)37-25-30(23-24-40(37)6)29-15-9-8-10-16-29;1-24(2)29-15-11-16-30(25(3)4)34(29)38-22-21-36(6)35(38)32-18-12-17-31(26(32)5)33-20-19-28(23-37(33)7)27-13-9-8-10-14-27/h2*8-27H,1-7H3;8-25H,1-7H3/q3*+2. The van der Waals surface area contributed by atoms with E-state index in [4.69, 9.17) is 0 Å². The molecule has 0 fully saturated rings. The summed E-state index contributed by atoms with van der Waals surface area (Å²) < 4.78 is 21.2. The Hall–Kier alpha value is -13.0. The van der Waals surface area contributed by atoms with Crippen LogP contribution in [0.5, 0.6) is 0 Å². The number of hydrogen-bond donors (Lipinski definition) is 0. The molecule has 612 valence electrons. The monoisotopic (exact) mass is 1600 g/mol. The molecular formula is C113H121N9+6. The lowest BCUT2D eigenvalue weighted by molar-refractivity contribution is -0.660. The number of fused-ring (bicyclic) bond motifs is 2. The number of rotatable bonds is 18. The Morgan fingerprint density at radius 3 is 0.910 bits per heavy atom. The zero-order chi connectivity index (χ0) is 86.1. The van der Waals surface area contributed by atoms with Gasteiger partial charge >= 0.3 is 0 Å². The molecule has 0 saturated carbocycles. The van der Waals surface area contributed by atoms with Crippen molar-refractivity contribution < 1.29 is 27.4 Å². The van der Waals surface area contributed by atoms with Crippen molar-refractivity contribution in [1.29, 1.82) is 0 Å². The van der Waals surface area contributed by atoms with Gasteiger partial charge in [-0.25, -0.2) is 27.4 Å². The van der Waals surface area contributed by atoms with E-state index in [-0.39, 0.29) is 0 Å². The number of imidazole rings is 3. The van der Waals surface area contributed by atoms with E-state index < -0.39 is 0 Å². The zero-order valence-corrected chi connectivity index (χ0v) is 75.5. The molecule has 0 unspecified atom stereocenters. The molecule has 0 amide bonds. The summed E-state index contributed by atoms with van der Waals surface area (Å²) in [5.41, 5.74) is 39.3. The molecule has 11 aromatic carbocycles. The van der Waals surface area contributed by atoms with Gasteiger partial charge < -0.3 is 0 Å². The lowest BCUT2D eigenvalue weighted by Crippen LogP contribution is -2.32. The molecule has 122 heavy (non-hydrogen) atoms. The van der Waals surface area contributed by atoms with E-state index in [1.54, 1.807) is 0 Å². The van der Waals surface area contributed by atoms with Gasteiger partial charge in [0.25, 0.3) is 17.5 Å². The normalized spacial score (nSPS) is 11.6. The second-order valence-corrected chi connectivity index (χ2v) is 35.1. The lowest BCUT2D eigenvalue weighted by Gasteiger charge is -2.19. The molecule has 0 atom stereocenters. The SMILES string of the molecule is Cc1c(-c2cc(-c3ccccc3)cc[n+]2C)cccc1-c1n(-c2c(C(C)C)cccc2C(C)C)c2ccccc2[n+]1C.Cc1c(-c2ccc(-c3ccccc3)c[n+]2C)cccc1-c1n(-c2c(C(C)C)cccc2C(C)C)c2ccccc2[n+]1C.Cc1c(-c2ccc(-c3ccccc3)c[n+]2C)cccc1-c1n(-c2c(C(C)C)cccc2C(C)C)cc[n+]1C. The first kappa shape index (κ1) is 84.1. The molecule has 0 radical (unpaired) electrons. The summed E-state index contributed by atoms with van der Waals surface area (Å²) in [6.07, 6.45) is 11.0. The molecule has 0 aliphatic rings. The van der Waals surface area contributed by atoms with Gasteiger partial charge in [-0.1, -0.05) is 271 Å². The summed E-state index contributed by atoms with van der Waals surface area (Å²) in [7, 11) is 13.0. The number of benzene rings is 11. The van der Waals surface area contributed by atoms with Crippen molar-refractivity contribution in [3.8, 4) is 118 Å². The van der Waals surface area contributed by atoms with Gasteiger partial charge in [-0.3, -0.25) is 0 Å². The molecule has 0 N–H and O–H groups in total. The summed E-state index contributed by atoms with van der Waals surface area (Å²) >= 11 is 0. The van der Waals surface area contributed by atoms with Crippen LogP contribution in [0.25, 0.3) is 140 Å². The molecule has 0 saturated heterocycles. The molecule has 17 rings (SSSR count). The molecule has 0 aliphatic heterocycles. The predicted molar refractivity (Wildman–Crippen MR) is 507 cm³/mol. The van der Waals surface area contributed by atoms with E-state index in [0.29, 0.717) is 35.5 Å². The molecule has 9 heteroatoms. The van der Waals surface area contributed by atoms with E-state index in [1.165, 1.54) is 191 Å². The molecular weight excluding hydrogens is 1480 g/mol. The van der Waals surface area contributed by atoms with Gasteiger partial charge in [0.05, 0.1) is 37.8 Å². The van der Waals surface area contributed by atoms with Crippen LogP contribution >= 0.6 is 0 Å². The largest absolute Gasteiger partial charge is 0.295 e. The summed E-state index contributed by atoms with van der Waals surface area (Å²) in [4.78, 5) is 0. The Kier molecular flexibility index (Phi) is 24.6. The smallest absolute Gasteiger partial charge is 0.232 e. The van der Waals surface area contributed by atoms with Crippen molar-refractivity contribution in [3.63, 3.8) is 0 Å². The van der Waals surface area contributed by atoms with Crippen molar-refractivity contribution in [2.45, 2.75) is 139 Å². The Morgan fingerprint density at radius 2 is 0.549 bits per heavy atom. The van der Waals surface area contributed by atoms with Crippen molar-refractivity contribution in [2.75, 3.05) is 0 Å². The Morgan fingerprint density at radius 1 is 0.238 bits per heavy atom. The Bertz CT molecular complexity index is 6600. The fourth-order valence-electron chi connectivity index (χ4n) is 18.5. The fourth-order valence-corrected chi connectivity index (χ4v) is 18.5. The Labute approximate surface area is 724 Å². The number of hydrogen-bond acceptors (Lipinski definition) is 0. The van der Waals surface area contributed by atoms with Crippen LogP contribution < -0.4 is 27.4 Å². The highest BCUT2D eigenvalue weighted by molar-refractivity contribution is 5.86. The van der Waals surface area contributed by atoms with Crippen molar-refractivity contribution in [1.82, 2.24) is 13.7 Å². The van der Waals surface area contributed by atoms with Crippen LogP contribution in [0, 0.1) is 20.8 Å². The van der Waals surface area contributed by atoms with Crippen LogP contribution in [0.3, 0.4) is 0 Å². The van der Waals surface area contributed by atoms with Crippen molar-refractivity contribution in [2.24, 2.45) is 42.3 Å². The van der Waals surface area contributed by atoms with Crippen molar-refractivity contribution in [3.05, 3.63) is 366 Å². The first-order chi connectivity index (χ1) is 58.8. The molecule has 0 aliphatic carbocycles. The molecule has 0 bridgehead atoms. The van der Waals surface area contributed by atoms with Gasteiger partial charge in [-0.05, 0) is 168 Å². The second kappa shape index (κ2) is 35.8. The van der Waals surface area contributed by atoms with Crippen LogP contribution in [0.2, 0.25) is 0 Å². The summed E-state index contributed by atoms with van der Waals surface area (Å²) in [6, 6.07) is 104. The van der Waals surface area contributed by atoms with Crippen LogP contribution in [0.15, 0.2) is 316 Å². The number of para-hydroxylation sites is 7. The van der Waals surface area contributed by atoms with Crippen LogP contribution in [-0.2, 0) is 42.3 Å².